The Morgan fingerprint density at radius 2 is 1.67 bits per heavy atom. The molecule has 1 fully saturated rings. The summed E-state index contributed by atoms with van der Waals surface area (Å²) < 4.78 is 0. The molecule has 0 aromatic carbocycles. The molecule has 18 heavy (non-hydrogen) atoms. The maximum atomic E-state index is 4.28. The van der Waals surface area contributed by atoms with Crippen molar-refractivity contribution in [1.29, 1.82) is 0 Å². The summed E-state index contributed by atoms with van der Waals surface area (Å²) in [7, 11) is 0. The SMILES string of the molecule is CC(C)CCN(CCCCCCS)C1CCCC1. The van der Waals surface area contributed by atoms with Crippen LogP contribution in [0.3, 0.4) is 0 Å². The predicted molar refractivity (Wildman–Crippen MR) is 85.6 cm³/mol. The summed E-state index contributed by atoms with van der Waals surface area (Å²) in [6.45, 7) is 7.36. The molecular weight excluding hydrogens is 238 g/mol. The highest BCUT2D eigenvalue weighted by molar-refractivity contribution is 7.80. The Balaban J connectivity index is 2.20. The molecule has 1 rings (SSSR count). The van der Waals surface area contributed by atoms with E-state index in [1.54, 1.807) is 0 Å². The van der Waals surface area contributed by atoms with Crippen LogP contribution in [0.2, 0.25) is 0 Å². The molecule has 0 heterocycles. The van der Waals surface area contributed by atoms with E-state index in [1.165, 1.54) is 70.9 Å². The Kier molecular flexibility index (Phi) is 9.22. The van der Waals surface area contributed by atoms with E-state index in [4.69, 9.17) is 0 Å². The summed E-state index contributed by atoms with van der Waals surface area (Å²) in [5, 5.41) is 0. The van der Waals surface area contributed by atoms with Gasteiger partial charge in [-0.2, -0.15) is 12.6 Å². The molecule has 0 radical (unpaired) electrons. The zero-order chi connectivity index (χ0) is 13.2. The van der Waals surface area contributed by atoms with Gasteiger partial charge >= 0.3 is 0 Å². The third-order valence-electron chi connectivity index (χ3n) is 4.19. The zero-order valence-corrected chi connectivity index (χ0v) is 13.4. The van der Waals surface area contributed by atoms with Crippen LogP contribution in [0.1, 0.15) is 71.6 Å². The van der Waals surface area contributed by atoms with E-state index in [1.807, 2.05) is 0 Å². The van der Waals surface area contributed by atoms with Gasteiger partial charge in [-0.3, -0.25) is 0 Å². The second-order valence-corrected chi connectivity index (χ2v) is 6.74. The van der Waals surface area contributed by atoms with Crippen LogP contribution in [-0.4, -0.2) is 29.8 Å². The number of hydrogen-bond acceptors (Lipinski definition) is 2. The first kappa shape index (κ1) is 16.4. The summed E-state index contributed by atoms with van der Waals surface area (Å²) in [4.78, 5) is 2.80. The van der Waals surface area contributed by atoms with Crippen LogP contribution in [0.25, 0.3) is 0 Å². The van der Waals surface area contributed by atoms with Crippen LogP contribution in [0.4, 0.5) is 0 Å². The van der Waals surface area contributed by atoms with Gasteiger partial charge in [0.2, 0.25) is 0 Å². The lowest BCUT2D eigenvalue weighted by molar-refractivity contribution is 0.184. The third kappa shape index (κ3) is 7.04. The molecule has 0 amide bonds. The Labute approximate surface area is 120 Å². The van der Waals surface area contributed by atoms with Crippen LogP contribution in [0, 0.1) is 5.92 Å². The smallest absolute Gasteiger partial charge is 0.00952 e. The molecular formula is C16H33NS. The van der Waals surface area contributed by atoms with E-state index in [9.17, 15) is 0 Å². The molecule has 0 saturated heterocycles. The quantitative estimate of drug-likeness (QED) is 0.442. The average Bonchev–Trinajstić information content (AvgIpc) is 2.86. The molecule has 0 aromatic rings. The predicted octanol–water partition coefficient (Wildman–Crippen LogP) is 4.77. The van der Waals surface area contributed by atoms with E-state index in [0.29, 0.717) is 0 Å². The summed E-state index contributed by atoms with van der Waals surface area (Å²) in [5.41, 5.74) is 0. The van der Waals surface area contributed by atoms with Crippen molar-refractivity contribution < 1.29 is 0 Å². The standard InChI is InChI=1S/C16H33NS/c1-15(2)11-13-17(16-9-5-6-10-16)12-7-3-4-8-14-18/h15-16,18H,3-14H2,1-2H3. The fourth-order valence-corrected chi connectivity index (χ4v) is 3.17. The minimum absolute atomic E-state index is 0.845. The molecule has 0 N–H and O–H groups in total. The van der Waals surface area contributed by atoms with Crippen LogP contribution in [0.15, 0.2) is 0 Å². The first-order valence-electron chi connectivity index (χ1n) is 8.09. The van der Waals surface area contributed by atoms with Gasteiger partial charge in [-0.15, -0.1) is 0 Å². The lowest BCUT2D eigenvalue weighted by atomic mass is 10.1. The summed E-state index contributed by atoms with van der Waals surface area (Å²) in [5.74, 6) is 1.90. The van der Waals surface area contributed by atoms with E-state index in [2.05, 4.69) is 31.4 Å². The first-order chi connectivity index (χ1) is 8.74. The van der Waals surface area contributed by atoms with Gasteiger partial charge in [0.05, 0.1) is 0 Å². The molecule has 0 aromatic heterocycles. The number of unbranched alkanes of at least 4 members (excludes halogenated alkanes) is 3. The molecule has 0 unspecified atom stereocenters. The number of hydrogen-bond donors (Lipinski definition) is 1. The van der Waals surface area contributed by atoms with E-state index in [-0.39, 0.29) is 0 Å². The molecule has 0 bridgehead atoms. The van der Waals surface area contributed by atoms with Gasteiger partial charge in [-0.25, -0.2) is 0 Å². The highest BCUT2D eigenvalue weighted by Crippen LogP contribution is 2.24. The Bertz CT molecular complexity index is 188. The highest BCUT2D eigenvalue weighted by atomic mass is 32.1. The molecule has 1 nitrogen and oxygen atoms in total. The van der Waals surface area contributed by atoms with E-state index >= 15 is 0 Å². The molecule has 2 heteroatoms. The Hall–Kier alpha value is 0.310. The van der Waals surface area contributed by atoms with Gasteiger partial charge in [0.1, 0.15) is 0 Å². The lowest BCUT2D eigenvalue weighted by Crippen LogP contribution is -2.35. The molecule has 0 aliphatic heterocycles. The van der Waals surface area contributed by atoms with Gasteiger partial charge < -0.3 is 4.90 Å². The van der Waals surface area contributed by atoms with Gasteiger partial charge in [0.15, 0.2) is 0 Å². The van der Waals surface area contributed by atoms with Crippen molar-refractivity contribution in [2.75, 3.05) is 18.8 Å². The lowest BCUT2D eigenvalue weighted by Gasteiger charge is -2.29. The average molecular weight is 272 g/mol. The molecule has 1 aliphatic carbocycles. The Morgan fingerprint density at radius 3 is 2.28 bits per heavy atom. The van der Waals surface area contributed by atoms with Gasteiger partial charge in [0.25, 0.3) is 0 Å². The first-order valence-corrected chi connectivity index (χ1v) is 8.72. The second-order valence-electron chi connectivity index (χ2n) is 6.29. The van der Waals surface area contributed by atoms with Crippen molar-refractivity contribution in [3.8, 4) is 0 Å². The summed E-state index contributed by atoms with van der Waals surface area (Å²) >= 11 is 4.28. The maximum Gasteiger partial charge on any atom is 0.00952 e. The van der Waals surface area contributed by atoms with Crippen molar-refractivity contribution in [3.63, 3.8) is 0 Å². The molecule has 0 spiro atoms. The zero-order valence-electron chi connectivity index (χ0n) is 12.5. The fourth-order valence-electron chi connectivity index (χ4n) is 2.95. The van der Waals surface area contributed by atoms with Crippen molar-refractivity contribution in [2.24, 2.45) is 5.92 Å². The van der Waals surface area contributed by atoms with Gasteiger partial charge in [0, 0.05) is 6.04 Å². The topological polar surface area (TPSA) is 3.24 Å². The van der Waals surface area contributed by atoms with Crippen molar-refractivity contribution in [2.45, 2.75) is 77.7 Å². The third-order valence-corrected chi connectivity index (χ3v) is 4.50. The van der Waals surface area contributed by atoms with E-state index < -0.39 is 0 Å². The van der Waals surface area contributed by atoms with Crippen LogP contribution < -0.4 is 0 Å². The normalized spacial score (nSPS) is 17.2. The largest absolute Gasteiger partial charge is 0.300 e. The van der Waals surface area contributed by atoms with Crippen molar-refractivity contribution >= 4 is 12.6 Å². The number of thiol groups is 1. The molecule has 1 saturated carbocycles. The van der Waals surface area contributed by atoms with Crippen LogP contribution >= 0.6 is 12.6 Å². The minimum atomic E-state index is 0.845. The fraction of sp³-hybridized carbons (Fsp3) is 1.00. The highest BCUT2D eigenvalue weighted by Gasteiger charge is 2.21. The maximum absolute atomic E-state index is 4.28. The van der Waals surface area contributed by atoms with Crippen molar-refractivity contribution in [1.82, 2.24) is 4.90 Å². The molecule has 0 atom stereocenters. The molecule has 1 aliphatic rings. The summed E-state index contributed by atoms with van der Waals surface area (Å²) in [6, 6.07) is 0.911. The van der Waals surface area contributed by atoms with Crippen LogP contribution in [0.5, 0.6) is 0 Å². The van der Waals surface area contributed by atoms with Gasteiger partial charge in [-0.05, 0) is 56.9 Å². The van der Waals surface area contributed by atoms with Gasteiger partial charge in [-0.1, -0.05) is 39.5 Å². The van der Waals surface area contributed by atoms with E-state index in [0.717, 1.165) is 17.7 Å². The summed E-state index contributed by atoms with van der Waals surface area (Å²) in [6.07, 6.45) is 12.6. The number of nitrogens with zero attached hydrogens (tertiary/aromatic N) is 1. The molecule has 108 valence electrons. The second kappa shape index (κ2) is 10.1. The monoisotopic (exact) mass is 271 g/mol. The minimum Gasteiger partial charge on any atom is -0.300 e. The number of rotatable bonds is 10. The van der Waals surface area contributed by atoms with Crippen molar-refractivity contribution in [3.05, 3.63) is 0 Å². The van der Waals surface area contributed by atoms with Crippen LogP contribution in [-0.2, 0) is 0 Å². The Morgan fingerprint density at radius 1 is 1.00 bits per heavy atom.